The summed E-state index contributed by atoms with van der Waals surface area (Å²) in [5.74, 6) is -0.209. The van der Waals surface area contributed by atoms with E-state index in [4.69, 9.17) is 30.7 Å². The van der Waals surface area contributed by atoms with Gasteiger partial charge in [-0.05, 0) is 52.1 Å². The van der Waals surface area contributed by atoms with E-state index in [1.54, 1.807) is 28.4 Å². The molecule has 2 atom stereocenters. The van der Waals surface area contributed by atoms with E-state index < -0.39 is 34.2 Å². The Balaban J connectivity index is 4.73. The Bertz CT molecular complexity index is 686. The molecule has 0 aliphatic carbocycles. The molecule has 0 rings (SSSR count). The molecule has 12 heteroatoms. The highest BCUT2D eigenvalue weighted by Gasteiger charge is 2.44. The van der Waals surface area contributed by atoms with Gasteiger partial charge in [0.25, 0.3) is 0 Å². The third kappa shape index (κ3) is 20.2. The SMILES string of the molecule is CCCCCCCCCCCCCC[Si](C)(O[Si](C)(C)CC(C)OC(=O)CCC[Si](OC)(OC)OC)O[Si](C)(C)OC. The first-order valence-corrected chi connectivity index (χ1v) is 26.9. The fourth-order valence-corrected chi connectivity index (χ4v) is 20.6. The molecule has 0 amide bonds. The molecule has 0 bridgehead atoms. The molecule has 0 radical (unpaired) electrons. The van der Waals surface area contributed by atoms with Crippen LogP contribution in [0.4, 0.5) is 0 Å². The Kier molecular flexibility index (Phi) is 22.6. The van der Waals surface area contributed by atoms with Crippen molar-refractivity contribution in [2.24, 2.45) is 0 Å². The van der Waals surface area contributed by atoms with Gasteiger partial charge in [-0.1, -0.05) is 84.0 Å². The van der Waals surface area contributed by atoms with Crippen LogP contribution in [0.15, 0.2) is 0 Å². The lowest BCUT2D eigenvalue weighted by Gasteiger charge is -2.40. The van der Waals surface area contributed by atoms with Crippen LogP contribution in [0.1, 0.15) is 104 Å². The van der Waals surface area contributed by atoms with Gasteiger partial charge in [-0.15, -0.1) is 0 Å². The molecular formula is C30H68O8Si4. The molecule has 0 aromatic carbocycles. The first kappa shape index (κ1) is 42.1. The summed E-state index contributed by atoms with van der Waals surface area (Å²) in [5, 5.41) is 0. The van der Waals surface area contributed by atoms with Gasteiger partial charge in [0.05, 0.1) is 6.10 Å². The molecular weight excluding hydrogens is 601 g/mol. The summed E-state index contributed by atoms with van der Waals surface area (Å²) in [5.41, 5.74) is 0. The maximum absolute atomic E-state index is 12.6. The fourth-order valence-electron chi connectivity index (χ4n) is 5.62. The second kappa shape index (κ2) is 22.6. The van der Waals surface area contributed by atoms with Crippen LogP contribution in [-0.4, -0.2) is 74.8 Å². The van der Waals surface area contributed by atoms with E-state index >= 15 is 0 Å². The third-order valence-corrected chi connectivity index (χ3v) is 22.1. The van der Waals surface area contributed by atoms with Crippen molar-refractivity contribution in [1.29, 1.82) is 0 Å². The van der Waals surface area contributed by atoms with E-state index in [-0.39, 0.29) is 12.1 Å². The van der Waals surface area contributed by atoms with Gasteiger partial charge in [0, 0.05) is 46.9 Å². The highest BCUT2D eigenvalue weighted by atomic mass is 28.5. The predicted molar refractivity (Wildman–Crippen MR) is 183 cm³/mol. The molecule has 0 saturated heterocycles. The molecule has 0 aliphatic heterocycles. The summed E-state index contributed by atoms with van der Waals surface area (Å²) in [6.07, 6.45) is 16.6. The summed E-state index contributed by atoms with van der Waals surface area (Å²) in [4.78, 5) is 12.6. The zero-order valence-electron chi connectivity index (χ0n) is 29.4. The molecule has 0 aromatic rings. The number of carbonyl (C=O) groups is 1. The Morgan fingerprint density at radius 3 is 1.55 bits per heavy atom. The van der Waals surface area contributed by atoms with E-state index in [0.29, 0.717) is 18.9 Å². The van der Waals surface area contributed by atoms with Crippen molar-refractivity contribution < 1.29 is 35.5 Å². The van der Waals surface area contributed by atoms with Crippen LogP contribution in [0.25, 0.3) is 0 Å². The van der Waals surface area contributed by atoms with Crippen LogP contribution in [0.3, 0.4) is 0 Å². The third-order valence-electron chi connectivity index (χ3n) is 7.84. The number of hydrogen-bond acceptors (Lipinski definition) is 8. The summed E-state index contributed by atoms with van der Waals surface area (Å²) in [7, 11) is -3.13. The molecule has 0 spiro atoms. The molecule has 252 valence electrons. The van der Waals surface area contributed by atoms with Crippen molar-refractivity contribution in [3.63, 3.8) is 0 Å². The van der Waals surface area contributed by atoms with E-state index in [1.165, 1.54) is 70.6 Å². The van der Waals surface area contributed by atoms with Crippen LogP contribution < -0.4 is 0 Å². The van der Waals surface area contributed by atoms with Gasteiger partial charge in [0.2, 0.25) is 0 Å². The second-order valence-corrected chi connectivity index (χ2v) is 27.6. The van der Waals surface area contributed by atoms with Crippen molar-refractivity contribution in [2.45, 2.75) is 161 Å². The zero-order valence-corrected chi connectivity index (χ0v) is 33.4. The van der Waals surface area contributed by atoms with E-state index in [1.807, 2.05) is 6.92 Å². The van der Waals surface area contributed by atoms with Crippen molar-refractivity contribution >= 4 is 40.2 Å². The first-order valence-electron chi connectivity index (χ1n) is 16.5. The molecule has 8 nitrogen and oxygen atoms in total. The van der Waals surface area contributed by atoms with Gasteiger partial charge in [0.15, 0.2) is 8.32 Å². The largest absolute Gasteiger partial charge is 0.500 e. The van der Waals surface area contributed by atoms with Crippen molar-refractivity contribution in [3.8, 4) is 0 Å². The average Bonchev–Trinajstić information content (AvgIpc) is 2.90. The monoisotopic (exact) mass is 668 g/mol. The van der Waals surface area contributed by atoms with Gasteiger partial charge < -0.3 is 30.7 Å². The number of carbonyl (C=O) groups excluding carboxylic acids is 1. The minimum atomic E-state index is -2.68. The Morgan fingerprint density at radius 1 is 0.619 bits per heavy atom. The van der Waals surface area contributed by atoms with Crippen LogP contribution in [0, 0.1) is 0 Å². The maximum Gasteiger partial charge on any atom is 0.500 e. The maximum atomic E-state index is 12.6. The lowest BCUT2D eigenvalue weighted by Crippen LogP contribution is -2.55. The highest BCUT2D eigenvalue weighted by molar-refractivity contribution is 6.87. The van der Waals surface area contributed by atoms with Gasteiger partial charge in [-0.3, -0.25) is 4.79 Å². The number of hydrogen-bond donors (Lipinski definition) is 0. The Hall–Kier alpha value is 0.0975. The molecule has 0 N–H and O–H groups in total. The predicted octanol–water partition coefficient (Wildman–Crippen LogP) is 8.94. The number of ether oxygens (including phenoxy) is 1. The molecule has 0 saturated carbocycles. The summed E-state index contributed by atoms with van der Waals surface area (Å²) >= 11 is 0. The summed E-state index contributed by atoms with van der Waals surface area (Å²) in [6.45, 7) is 15.1. The van der Waals surface area contributed by atoms with Crippen LogP contribution >= 0.6 is 0 Å². The minimum absolute atomic E-state index is 0.209. The molecule has 42 heavy (non-hydrogen) atoms. The van der Waals surface area contributed by atoms with Crippen molar-refractivity contribution in [1.82, 2.24) is 0 Å². The molecule has 0 heterocycles. The number of rotatable bonds is 28. The van der Waals surface area contributed by atoms with E-state index in [9.17, 15) is 4.79 Å². The molecule has 2 unspecified atom stereocenters. The topological polar surface area (TPSA) is 81.7 Å². The second-order valence-electron chi connectivity index (χ2n) is 13.0. The number of esters is 1. The summed E-state index contributed by atoms with van der Waals surface area (Å²) < 4.78 is 41.6. The smallest absolute Gasteiger partial charge is 0.463 e. The van der Waals surface area contributed by atoms with Crippen LogP contribution in [-0.2, 0) is 35.5 Å². The normalized spacial score (nSPS) is 15.0. The average molecular weight is 669 g/mol. The lowest BCUT2D eigenvalue weighted by molar-refractivity contribution is -0.147. The minimum Gasteiger partial charge on any atom is -0.463 e. The molecule has 0 fully saturated rings. The van der Waals surface area contributed by atoms with Gasteiger partial charge in [-0.2, -0.15) is 0 Å². The molecule has 0 aromatic heterocycles. The van der Waals surface area contributed by atoms with Crippen LogP contribution in [0.5, 0.6) is 0 Å². The van der Waals surface area contributed by atoms with E-state index in [2.05, 4.69) is 39.7 Å². The van der Waals surface area contributed by atoms with E-state index in [0.717, 1.165) is 18.5 Å². The number of unbranched alkanes of at least 4 members (excludes halogenated alkanes) is 11. The summed E-state index contributed by atoms with van der Waals surface area (Å²) in [6, 6.07) is 2.27. The highest BCUT2D eigenvalue weighted by Crippen LogP contribution is 2.30. The quantitative estimate of drug-likeness (QED) is 0.0464. The Morgan fingerprint density at radius 2 is 1.10 bits per heavy atom. The lowest BCUT2D eigenvalue weighted by atomic mass is 10.1. The zero-order chi connectivity index (χ0) is 32.1. The van der Waals surface area contributed by atoms with Gasteiger partial charge >= 0.3 is 31.9 Å². The fraction of sp³-hybridized carbons (Fsp3) is 0.967. The van der Waals surface area contributed by atoms with Crippen molar-refractivity contribution in [2.75, 3.05) is 28.4 Å². The standard InChI is InChI=1S/C30H68O8Si4/c1-12-13-14-15-16-17-18-19-20-21-22-23-26-41(11,38-40(9,10)32-3)37-39(7,8)28-29(2)36-30(31)25-24-27-42(33-4,34-5)35-6/h29H,12-28H2,1-11H3. The van der Waals surface area contributed by atoms with Gasteiger partial charge in [-0.25, -0.2) is 0 Å². The Labute approximate surface area is 264 Å². The first-order chi connectivity index (χ1) is 19.7. The van der Waals surface area contributed by atoms with Crippen LogP contribution in [0.2, 0.25) is 50.9 Å². The van der Waals surface area contributed by atoms with Gasteiger partial charge in [0.1, 0.15) is 0 Å². The van der Waals surface area contributed by atoms with Crippen molar-refractivity contribution in [3.05, 3.63) is 0 Å². The molecule has 0 aliphatic rings.